The summed E-state index contributed by atoms with van der Waals surface area (Å²) in [5.41, 5.74) is -0.566. The molecule has 1 saturated heterocycles. The zero-order valence-electron chi connectivity index (χ0n) is 6.21. The van der Waals surface area contributed by atoms with Crippen LogP contribution in [0.4, 0.5) is 0 Å². The Morgan fingerprint density at radius 2 is 2.50 bits per heavy atom. The van der Waals surface area contributed by atoms with Gasteiger partial charge in [0.1, 0.15) is 6.29 Å². The third-order valence-electron chi connectivity index (χ3n) is 1.86. The van der Waals surface area contributed by atoms with E-state index in [1.807, 2.05) is 4.90 Å². The fourth-order valence-corrected chi connectivity index (χ4v) is 1.30. The van der Waals surface area contributed by atoms with Gasteiger partial charge in [-0.1, -0.05) is 0 Å². The Kier molecular flexibility index (Phi) is 2.06. The van der Waals surface area contributed by atoms with Crippen LogP contribution >= 0.6 is 0 Å². The summed E-state index contributed by atoms with van der Waals surface area (Å²) in [5, 5.41) is 9.43. The highest BCUT2D eigenvalue weighted by Gasteiger charge is 2.30. The predicted molar refractivity (Wildman–Crippen MR) is 37.7 cm³/mol. The first-order chi connectivity index (χ1) is 4.64. The number of aliphatic hydroxyl groups is 1. The molecule has 0 aromatic rings. The maximum atomic E-state index is 10.0. The molecule has 1 heterocycles. The van der Waals surface area contributed by atoms with Crippen LogP contribution in [0.3, 0.4) is 0 Å². The number of hydrogen-bond donors (Lipinski definition) is 1. The molecular formula is C7H13NO2. The van der Waals surface area contributed by atoms with Gasteiger partial charge < -0.3 is 9.90 Å². The highest BCUT2D eigenvalue weighted by molar-refractivity contribution is 5.52. The Labute approximate surface area is 60.6 Å². The summed E-state index contributed by atoms with van der Waals surface area (Å²) in [6, 6.07) is 0. The Balaban J connectivity index is 2.35. The lowest BCUT2D eigenvalue weighted by molar-refractivity contribution is -0.108. The molecule has 0 saturated carbocycles. The van der Waals surface area contributed by atoms with Gasteiger partial charge in [-0.15, -0.1) is 0 Å². The number of hydrogen-bond acceptors (Lipinski definition) is 3. The molecule has 0 aromatic heterocycles. The molecule has 3 heteroatoms. The number of rotatable bonds is 2. The Bertz CT molecular complexity index is 134. The highest BCUT2D eigenvalue weighted by atomic mass is 16.3. The number of carbonyl (C=O) groups excluding carboxylic acids is 1. The van der Waals surface area contributed by atoms with E-state index >= 15 is 0 Å². The van der Waals surface area contributed by atoms with Crippen LogP contribution in [0.25, 0.3) is 0 Å². The molecule has 0 radical (unpaired) electrons. The monoisotopic (exact) mass is 143 g/mol. The van der Waals surface area contributed by atoms with Gasteiger partial charge in [0.25, 0.3) is 0 Å². The summed E-state index contributed by atoms with van der Waals surface area (Å²) in [7, 11) is 0. The Hall–Kier alpha value is -0.410. The third-order valence-corrected chi connectivity index (χ3v) is 1.86. The minimum atomic E-state index is -0.566. The molecule has 1 aliphatic heterocycles. The van der Waals surface area contributed by atoms with E-state index in [2.05, 4.69) is 0 Å². The van der Waals surface area contributed by atoms with Gasteiger partial charge in [0, 0.05) is 13.1 Å². The van der Waals surface area contributed by atoms with Crippen LogP contribution in [0, 0.1) is 0 Å². The van der Waals surface area contributed by atoms with Gasteiger partial charge in [-0.3, -0.25) is 4.90 Å². The van der Waals surface area contributed by atoms with Crippen molar-refractivity contribution >= 4 is 6.29 Å². The predicted octanol–water partition coefficient (Wildman–Crippen LogP) is -0.358. The first-order valence-corrected chi connectivity index (χ1v) is 3.52. The summed E-state index contributed by atoms with van der Waals surface area (Å²) in [4.78, 5) is 12.0. The van der Waals surface area contributed by atoms with Gasteiger partial charge in [0.05, 0.1) is 12.1 Å². The van der Waals surface area contributed by atoms with Crippen LogP contribution in [-0.2, 0) is 4.79 Å². The fraction of sp³-hybridized carbons (Fsp3) is 0.857. The summed E-state index contributed by atoms with van der Waals surface area (Å²) >= 11 is 0. The molecule has 3 nitrogen and oxygen atoms in total. The molecule has 10 heavy (non-hydrogen) atoms. The van der Waals surface area contributed by atoms with E-state index in [4.69, 9.17) is 0 Å². The lowest BCUT2D eigenvalue weighted by Crippen LogP contribution is -2.30. The van der Waals surface area contributed by atoms with Crippen LogP contribution in [0.15, 0.2) is 0 Å². The smallest absolute Gasteiger partial charge is 0.133 e. The molecule has 1 rings (SSSR count). The number of carbonyl (C=O) groups is 1. The van der Waals surface area contributed by atoms with Gasteiger partial charge in [-0.25, -0.2) is 0 Å². The standard InChI is InChI=1S/C7H13NO2/c1-7(10)2-3-8(6-7)4-5-9/h5,10H,2-4,6H2,1H3/t7-/m0/s1. The van der Waals surface area contributed by atoms with Gasteiger partial charge >= 0.3 is 0 Å². The van der Waals surface area contributed by atoms with Crippen molar-refractivity contribution < 1.29 is 9.90 Å². The van der Waals surface area contributed by atoms with E-state index < -0.39 is 5.60 Å². The number of aldehydes is 1. The van der Waals surface area contributed by atoms with Crippen molar-refractivity contribution in [3.8, 4) is 0 Å². The Morgan fingerprint density at radius 3 is 2.90 bits per heavy atom. The summed E-state index contributed by atoms with van der Waals surface area (Å²) < 4.78 is 0. The zero-order valence-corrected chi connectivity index (χ0v) is 6.21. The minimum Gasteiger partial charge on any atom is -0.389 e. The molecule has 0 aliphatic carbocycles. The molecule has 1 fully saturated rings. The lowest BCUT2D eigenvalue weighted by Gasteiger charge is -2.16. The molecule has 1 N–H and O–H groups in total. The summed E-state index contributed by atoms with van der Waals surface area (Å²) in [6.07, 6.45) is 1.65. The lowest BCUT2D eigenvalue weighted by atomic mass is 10.1. The second kappa shape index (κ2) is 2.68. The van der Waals surface area contributed by atoms with Crippen molar-refractivity contribution in [2.45, 2.75) is 18.9 Å². The molecule has 0 unspecified atom stereocenters. The second-order valence-electron chi connectivity index (χ2n) is 3.15. The topological polar surface area (TPSA) is 40.5 Å². The van der Waals surface area contributed by atoms with Gasteiger partial charge in [0.2, 0.25) is 0 Å². The highest BCUT2D eigenvalue weighted by Crippen LogP contribution is 2.18. The minimum absolute atomic E-state index is 0.455. The quantitative estimate of drug-likeness (QED) is 0.537. The van der Waals surface area contributed by atoms with Crippen LogP contribution < -0.4 is 0 Å². The fourth-order valence-electron chi connectivity index (χ4n) is 1.30. The van der Waals surface area contributed by atoms with E-state index in [0.29, 0.717) is 13.1 Å². The number of β-amino-alcohol motifs (C(OH)–C–C–N with tert-alkyl or cyclic N) is 1. The summed E-state index contributed by atoms with van der Waals surface area (Å²) in [5.74, 6) is 0. The number of nitrogens with zero attached hydrogens (tertiary/aromatic N) is 1. The maximum absolute atomic E-state index is 10.0. The molecular weight excluding hydrogens is 130 g/mol. The average molecular weight is 143 g/mol. The van der Waals surface area contributed by atoms with Crippen molar-refractivity contribution in [3.63, 3.8) is 0 Å². The zero-order chi connectivity index (χ0) is 7.61. The van der Waals surface area contributed by atoms with Crippen molar-refractivity contribution in [2.24, 2.45) is 0 Å². The molecule has 0 amide bonds. The number of likely N-dealkylation sites (tertiary alicyclic amines) is 1. The maximum Gasteiger partial charge on any atom is 0.133 e. The van der Waals surface area contributed by atoms with Crippen LogP contribution in [0.2, 0.25) is 0 Å². The van der Waals surface area contributed by atoms with Crippen LogP contribution in [0.1, 0.15) is 13.3 Å². The van der Waals surface area contributed by atoms with Gasteiger partial charge in [0.15, 0.2) is 0 Å². The second-order valence-corrected chi connectivity index (χ2v) is 3.15. The van der Waals surface area contributed by atoms with E-state index in [9.17, 15) is 9.90 Å². The van der Waals surface area contributed by atoms with Crippen LogP contribution in [0.5, 0.6) is 0 Å². The molecule has 1 aliphatic rings. The van der Waals surface area contributed by atoms with Crippen molar-refractivity contribution in [3.05, 3.63) is 0 Å². The van der Waals surface area contributed by atoms with Gasteiger partial charge in [-0.2, -0.15) is 0 Å². The molecule has 0 bridgehead atoms. The van der Waals surface area contributed by atoms with Crippen molar-refractivity contribution in [1.29, 1.82) is 0 Å². The molecule has 58 valence electrons. The van der Waals surface area contributed by atoms with E-state index in [1.54, 1.807) is 6.92 Å². The first kappa shape index (κ1) is 7.69. The third kappa shape index (κ3) is 1.78. The van der Waals surface area contributed by atoms with E-state index in [-0.39, 0.29) is 0 Å². The van der Waals surface area contributed by atoms with E-state index in [1.165, 1.54) is 0 Å². The summed E-state index contributed by atoms with van der Waals surface area (Å²) in [6.45, 7) is 3.73. The SMILES string of the molecule is C[C@]1(O)CCN(CC=O)C1. The van der Waals surface area contributed by atoms with Crippen molar-refractivity contribution in [1.82, 2.24) is 4.90 Å². The van der Waals surface area contributed by atoms with Crippen molar-refractivity contribution in [2.75, 3.05) is 19.6 Å². The molecule has 1 atom stereocenters. The van der Waals surface area contributed by atoms with Crippen LogP contribution in [-0.4, -0.2) is 41.5 Å². The first-order valence-electron chi connectivity index (χ1n) is 3.52. The van der Waals surface area contributed by atoms with E-state index in [0.717, 1.165) is 19.3 Å². The average Bonchev–Trinajstić information content (AvgIpc) is 2.12. The van der Waals surface area contributed by atoms with Gasteiger partial charge in [-0.05, 0) is 13.3 Å². The normalized spacial score (nSPS) is 34.6. The Morgan fingerprint density at radius 1 is 1.80 bits per heavy atom. The molecule has 0 spiro atoms. The molecule has 0 aromatic carbocycles. The largest absolute Gasteiger partial charge is 0.389 e.